The lowest BCUT2D eigenvalue weighted by atomic mass is 9.99. The summed E-state index contributed by atoms with van der Waals surface area (Å²) in [5, 5.41) is 3.49. The molecular weight excluding hydrogens is 386 g/mol. The van der Waals surface area contributed by atoms with E-state index in [-0.39, 0.29) is 0 Å². The van der Waals surface area contributed by atoms with E-state index in [2.05, 4.69) is 71.7 Å². The Balaban J connectivity index is 1.35. The molecule has 2 heterocycles. The van der Waals surface area contributed by atoms with Crippen molar-refractivity contribution in [1.82, 2.24) is 10.2 Å². The van der Waals surface area contributed by atoms with Crippen LogP contribution in [0.1, 0.15) is 48.8 Å². The third kappa shape index (κ3) is 6.31. The summed E-state index contributed by atoms with van der Waals surface area (Å²) in [5.74, 6) is 1.60. The van der Waals surface area contributed by atoms with Crippen molar-refractivity contribution in [2.24, 2.45) is 4.99 Å². The number of ether oxygens (including phenoxy) is 2. The number of aliphatic imine (C=N–C) groups is 1. The second-order valence-electron chi connectivity index (χ2n) is 8.46. The lowest BCUT2D eigenvalue weighted by molar-refractivity contribution is -0.0390. The summed E-state index contributed by atoms with van der Waals surface area (Å²) >= 11 is 0. The Morgan fingerprint density at radius 3 is 2.68 bits per heavy atom. The zero-order valence-electron chi connectivity index (χ0n) is 18.6. The molecule has 2 aliphatic heterocycles. The molecule has 5 nitrogen and oxygen atoms in total. The van der Waals surface area contributed by atoms with Crippen molar-refractivity contribution in [3.63, 3.8) is 0 Å². The molecule has 1 N–H and O–H groups in total. The fraction of sp³-hybridized carbons (Fsp3) is 0.500. The Kier molecular flexibility index (Phi) is 7.97. The fourth-order valence-electron chi connectivity index (χ4n) is 4.42. The van der Waals surface area contributed by atoms with E-state index in [1.807, 2.05) is 0 Å². The average Bonchev–Trinajstić information content (AvgIpc) is 3.32. The van der Waals surface area contributed by atoms with Crippen molar-refractivity contribution in [1.29, 1.82) is 0 Å². The van der Waals surface area contributed by atoms with E-state index in [1.165, 1.54) is 23.1 Å². The zero-order valence-corrected chi connectivity index (χ0v) is 18.6. The summed E-state index contributed by atoms with van der Waals surface area (Å²) in [6.45, 7) is 8.05. The van der Waals surface area contributed by atoms with Crippen molar-refractivity contribution >= 4 is 5.96 Å². The van der Waals surface area contributed by atoms with Gasteiger partial charge in [0.25, 0.3) is 0 Å². The predicted molar refractivity (Wildman–Crippen MR) is 125 cm³/mol. The van der Waals surface area contributed by atoms with Crippen LogP contribution in [0.15, 0.2) is 59.6 Å². The molecule has 2 aromatic rings. The van der Waals surface area contributed by atoms with Crippen molar-refractivity contribution in [2.75, 3.05) is 32.8 Å². The highest BCUT2D eigenvalue weighted by molar-refractivity contribution is 5.80. The number of benzene rings is 2. The Morgan fingerprint density at radius 1 is 1.06 bits per heavy atom. The zero-order chi connectivity index (χ0) is 21.3. The molecule has 1 atom stereocenters. The molecule has 0 radical (unpaired) electrons. The van der Waals surface area contributed by atoms with Gasteiger partial charge in [0.1, 0.15) is 0 Å². The largest absolute Gasteiger partial charge is 0.381 e. The smallest absolute Gasteiger partial charge is 0.194 e. The second kappa shape index (κ2) is 11.3. The SMILES string of the molecule is CCNC(=NCc1cccc(COC2CCOCC2)c1)N1CCC(c2ccccc2)C1. The standard InChI is InChI=1S/C26H35N3O2/c1-2-27-26(29-14-11-24(19-29)23-9-4-3-5-10-23)28-18-21-7-6-8-22(17-21)20-31-25-12-15-30-16-13-25/h3-10,17,24-25H,2,11-16,18-20H2,1H3,(H,27,28). The van der Waals surface area contributed by atoms with Crippen molar-refractivity contribution in [3.05, 3.63) is 71.3 Å². The van der Waals surface area contributed by atoms with E-state index in [0.29, 0.717) is 25.2 Å². The summed E-state index contributed by atoms with van der Waals surface area (Å²) < 4.78 is 11.5. The van der Waals surface area contributed by atoms with Gasteiger partial charge in [-0.2, -0.15) is 0 Å². The Labute approximate surface area is 186 Å². The highest BCUT2D eigenvalue weighted by atomic mass is 16.5. The number of likely N-dealkylation sites (tertiary alicyclic amines) is 1. The van der Waals surface area contributed by atoms with Gasteiger partial charge in [0, 0.05) is 38.8 Å². The van der Waals surface area contributed by atoms with Crippen molar-refractivity contribution < 1.29 is 9.47 Å². The van der Waals surface area contributed by atoms with Crippen LogP contribution in [0.2, 0.25) is 0 Å². The lowest BCUT2D eigenvalue weighted by Crippen LogP contribution is -2.40. The maximum atomic E-state index is 6.09. The Hall–Kier alpha value is -2.37. The fourth-order valence-corrected chi connectivity index (χ4v) is 4.42. The van der Waals surface area contributed by atoms with Crippen LogP contribution in [0.4, 0.5) is 0 Å². The number of guanidine groups is 1. The maximum absolute atomic E-state index is 6.09. The van der Waals surface area contributed by atoms with Crippen LogP contribution in [-0.4, -0.2) is 49.8 Å². The van der Waals surface area contributed by atoms with Crippen LogP contribution in [-0.2, 0) is 22.6 Å². The van der Waals surface area contributed by atoms with Gasteiger partial charge in [0.2, 0.25) is 0 Å². The molecule has 2 saturated heterocycles. The topological polar surface area (TPSA) is 46.1 Å². The molecule has 0 amide bonds. The molecule has 4 rings (SSSR count). The number of rotatable bonds is 7. The first-order chi connectivity index (χ1) is 15.3. The third-order valence-corrected chi connectivity index (χ3v) is 6.15. The second-order valence-corrected chi connectivity index (χ2v) is 8.46. The van der Waals surface area contributed by atoms with E-state index in [0.717, 1.165) is 51.6 Å². The number of hydrogen-bond acceptors (Lipinski definition) is 3. The molecule has 0 saturated carbocycles. The highest BCUT2D eigenvalue weighted by Gasteiger charge is 2.25. The van der Waals surface area contributed by atoms with Crippen LogP contribution in [0.25, 0.3) is 0 Å². The molecule has 31 heavy (non-hydrogen) atoms. The van der Waals surface area contributed by atoms with E-state index in [4.69, 9.17) is 14.5 Å². The molecular formula is C26H35N3O2. The minimum atomic E-state index is 0.323. The summed E-state index contributed by atoms with van der Waals surface area (Å²) in [5.41, 5.74) is 3.87. The van der Waals surface area contributed by atoms with Gasteiger partial charge in [-0.15, -0.1) is 0 Å². The van der Waals surface area contributed by atoms with Gasteiger partial charge in [-0.1, -0.05) is 54.6 Å². The first kappa shape index (κ1) is 21.8. The monoisotopic (exact) mass is 421 g/mol. The van der Waals surface area contributed by atoms with E-state index in [9.17, 15) is 0 Å². The van der Waals surface area contributed by atoms with Gasteiger partial charge < -0.3 is 19.7 Å². The van der Waals surface area contributed by atoms with Gasteiger partial charge in [0.05, 0.1) is 19.3 Å². The minimum Gasteiger partial charge on any atom is -0.381 e. The molecule has 5 heteroatoms. The molecule has 0 aliphatic carbocycles. The number of nitrogens with zero attached hydrogens (tertiary/aromatic N) is 2. The number of nitrogens with one attached hydrogen (secondary N) is 1. The normalized spacial score (nSPS) is 20.2. The summed E-state index contributed by atoms with van der Waals surface area (Å²) in [7, 11) is 0. The molecule has 2 fully saturated rings. The van der Waals surface area contributed by atoms with Crippen molar-refractivity contribution in [2.45, 2.75) is 51.4 Å². The van der Waals surface area contributed by atoms with Gasteiger partial charge in [0.15, 0.2) is 5.96 Å². The first-order valence-corrected chi connectivity index (χ1v) is 11.7. The number of hydrogen-bond donors (Lipinski definition) is 1. The van der Waals surface area contributed by atoms with Gasteiger partial charge in [-0.05, 0) is 42.9 Å². The maximum Gasteiger partial charge on any atom is 0.194 e. The van der Waals surface area contributed by atoms with Gasteiger partial charge in [-0.3, -0.25) is 0 Å². The first-order valence-electron chi connectivity index (χ1n) is 11.7. The summed E-state index contributed by atoms with van der Waals surface area (Å²) in [4.78, 5) is 7.36. The molecule has 0 aromatic heterocycles. The van der Waals surface area contributed by atoms with Crippen LogP contribution in [0.5, 0.6) is 0 Å². The van der Waals surface area contributed by atoms with Crippen LogP contribution < -0.4 is 5.32 Å². The van der Waals surface area contributed by atoms with E-state index >= 15 is 0 Å². The van der Waals surface area contributed by atoms with E-state index in [1.54, 1.807) is 0 Å². The van der Waals surface area contributed by atoms with Gasteiger partial charge in [-0.25, -0.2) is 4.99 Å². The Morgan fingerprint density at radius 2 is 1.87 bits per heavy atom. The molecule has 0 spiro atoms. The van der Waals surface area contributed by atoms with Crippen LogP contribution >= 0.6 is 0 Å². The average molecular weight is 422 g/mol. The van der Waals surface area contributed by atoms with Crippen LogP contribution in [0, 0.1) is 0 Å². The molecule has 2 aromatic carbocycles. The van der Waals surface area contributed by atoms with E-state index < -0.39 is 0 Å². The summed E-state index contributed by atoms with van der Waals surface area (Å²) in [6.07, 6.45) is 3.49. The minimum absolute atomic E-state index is 0.323. The third-order valence-electron chi connectivity index (χ3n) is 6.15. The predicted octanol–water partition coefficient (Wildman–Crippen LogP) is 4.34. The van der Waals surface area contributed by atoms with Crippen molar-refractivity contribution in [3.8, 4) is 0 Å². The van der Waals surface area contributed by atoms with Crippen LogP contribution in [0.3, 0.4) is 0 Å². The molecule has 2 aliphatic rings. The molecule has 1 unspecified atom stereocenters. The quantitative estimate of drug-likeness (QED) is 0.534. The highest BCUT2D eigenvalue weighted by Crippen LogP contribution is 2.27. The summed E-state index contributed by atoms with van der Waals surface area (Å²) in [6, 6.07) is 19.5. The Bertz CT molecular complexity index is 834. The molecule has 166 valence electrons. The van der Waals surface area contributed by atoms with Gasteiger partial charge >= 0.3 is 0 Å². The molecule has 0 bridgehead atoms. The lowest BCUT2D eigenvalue weighted by Gasteiger charge is -2.22.